The van der Waals surface area contributed by atoms with Crippen molar-refractivity contribution in [3.05, 3.63) is 71.3 Å². The Morgan fingerprint density at radius 2 is 1.64 bits per heavy atom. The van der Waals surface area contributed by atoms with Crippen LogP contribution in [0.25, 0.3) is 22.9 Å². The number of hydrogen-bond donors (Lipinski definition) is 1. The van der Waals surface area contributed by atoms with Crippen LogP contribution in [0.5, 0.6) is 5.75 Å². The molecule has 0 bridgehead atoms. The predicted octanol–water partition coefficient (Wildman–Crippen LogP) is 4.97. The monoisotopic (exact) mass is 382 g/mol. The lowest BCUT2D eigenvalue weighted by Gasteiger charge is -2.09. The second-order valence-corrected chi connectivity index (χ2v) is 6.26. The number of guanidine groups is 1. The maximum Gasteiger partial charge on any atom is 0.573 e. The molecule has 0 amide bonds. The van der Waals surface area contributed by atoms with Crippen LogP contribution in [0.2, 0.25) is 0 Å². The molecule has 141 valence electrons. The number of benzene rings is 3. The van der Waals surface area contributed by atoms with Crippen LogP contribution in [0, 0.1) is 0 Å². The van der Waals surface area contributed by atoms with Gasteiger partial charge < -0.3 is 10.5 Å². The quantitative estimate of drug-likeness (QED) is 0.400. The summed E-state index contributed by atoms with van der Waals surface area (Å²) in [5.74, 6) is -0.179. The first-order valence-electron chi connectivity index (χ1n) is 8.49. The van der Waals surface area contributed by atoms with Crippen molar-refractivity contribution in [3.63, 3.8) is 0 Å². The van der Waals surface area contributed by atoms with Crippen LogP contribution in [0.15, 0.2) is 59.6 Å². The molecule has 4 rings (SSSR count). The largest absolute Gasteiger partial charge is 0.573 e. The average molecular weight is 382 g/mol. The molecule has 0 unspecified atom stereocenters. The SMILES string of the molecule is NC([N]Cc1ccc(OC(F)(F)F)cc1)=Nc1ccc2c3c(cccc13)C=C2. The molecule has 0 fully saturated rings. The van der Waals surface area contributed by atoms with Crippen LogP contribution >= 0.6 is 0 Å². The highest BCUT2D eigenvalue weighted by atomic mass is 19.4. The summed E-state index contributed by atoms with van der Waals surface area (Å²) < 4.78 is 40.4. The van der Waals surface area contributed by atoms with Crippen LogP contribution in [-0.2, 0) is 6.54 Å². The summed E-state index contributed by atoms with van der Waals surface area (Å²) in [6.45, 7) is 0.199. The Labute approximate surface area is 159 Å². The smallest absolute Gasteiger partial charge is 0.406 e. The van der Waals surface area contributed by atoms with E-state index in [4.69, 9.17) is 5.73 Å². The molecule has 3 aromatic rings. The van der Waals surface area contributed by atoms with Gasteiger partial charge in [0.2, 0.25) is 5.96 Å². The minimum absolute atomic E-state index is 0.0993. The molecule has 0 heterocycles. The fourth-order valence-electron chi connectivity index (χ4n) is 3.13. The van der Waals surface area contributed by atoms with Crippen molar-refractivity contribution in [3.8, 4) is 5.75 Å². The normalized spacial score (nSPS) is 13.2. The molecule has 1 radical (unpaired) electrons. The molecule has 1 aliphatic rings. The molecule has 7 heteroatoms. The summed E-state index contributed by atoms with van der Waals surface area (Å²) in [6.07, 6.45) is -0.589. The van der Waals surface area contributed by atoms with Crippen molar-refractivity contribution in [2.24, 2.45) is 10.7 Å². The number of nitrogens with two attached hydrogens (primary N) is 1. The van der Waals surface area contributed by atoms with E-state index >= 15 is 0 Å². The Bertz CT molecular complexity index is 1070. The van der Waals surface area contributed by atoms with Gasteiger partial charge in [-0.05, 0) is 40.3 Å². The molecule has 0 saturated heterocycles. The first-order chi connectivity index (χ1) is 13.4. The Balaban J connectivity index is 1.47. The predicted molar refractivity (Wildman–Crippen MR) is 103 cm³/mol. The van der Waals surface area contributed by atoms with Gasteiger partial charge in [-0.3, -0.25) is 0 Å². The van der Waals surface area contributed by atoms with Crippen molar-refractivity contribution < 1.29 is 17.9 Å². The standard InChI is InChI=1S/C21H15F3N3O/c22-21(23,24)28-16-9-4-13(5-10-16)12-26-20(25)27-18-11-8-15-7-6-14-2-1-3-17(18)19(14)15/h1-11H,12H2,(H2,25,27). The van der Waals surface area contributed by atoms with E-state index in [2.05, 4.69) is 27.2 Å². The number of halogens is 3. The highest BCUT2D eigenvalue weighted by Crippen LogP contribution is 2.36. The van der Waals surface area contributed by atoms with Crippen molar-refractivity contribution in [2.45, 2.75) is 12.9 Å². The average Bonchev–Trinajstić information content (AvgIpc) is 3.07. The summed E-state index contributed by atoms with van der Waals surface area (Å²) in [7, 11) is 0. The summed E-state index contributed by atoms with van der Waals surface area (Å²) in [5.41, 5.74) is 9.64. The minimum Gasteiger partial charge on any atom is -0.406 e. The Morgan fingerprint density at radius 3 is 2.36 bits per heavy atom. The molecule has 2 N–H and O–H groups in total. The molecule has 28 heavy (non-hydrogen) atoms. The van der Waals surface area contributed by atoms with Gasteiger partial charge >= 0.3 is 6.36 Å². The number of hydrogen-bond acceptors (Lipinski definition) is 2. The zero-order chi connectivity index (χ0) is 19.7. The van der Waals surface area contributed by atoms with E-state index in [1.165, 1.54) is 24.3 Å². The number of rotatable bonds is 4. The lowest BCUT2D eigenvalue weighted by molar-refractivity contribution is -0.274. The van der Waals surface area contributed by atoms with Crippen LogP contribution < -0.4 is 15.8 Å². The molecule has 0 aromatic heterocycles. The maximum atomic E-state index is 12.2. The van der Waals surface area contributed by atoms with Crippen molar-refractivity contribution in [1.82, 2.24) is 5.32 Å². The first kappa shape index (κ1) is 17.9. The van der Waals surface area contributed by atoms with Crippen molar-refractivity contribution in [2.75, 3.05) is 0 Å². The Kier molecular flexibility index (Phi) is 4.43. The first-order valence-corrected chi connectivity index (χ1v) is 8.49. The molecular weight excluding hydrogens is 367 g/mol. The molecular formula is C21H15F3N3O. The van der Waals surface area contributed by atoms with Gasteiger partial charge in [-0.25, -0.2) is 10.3 Å². The molecule has 0 atom stereocenters. The summed E-state index contributed by atoms with van der Waals surface area (Å²) in [4.78, 5) is 4.40. The number of nitrogens with zero attached hydrogens (tertiary/aromatic N) is 2. The van der Waals surface area contributed by atoms with E-state index < -0.39 is 6.36 Å². The van der Waals surface area contributed by atoms with Gasteiger partial charge in [-0.2, -0.15) is 0 Å². The summed E-state index contributed by atoms with van der Waals surface area (Å²) in [5, 5.41) is 6.34. The van der Waals surface area contributed by atoms with Crippen LogP contribution in [0.1, 0.15) is 16.7 Å². The molecule has 0 saturated carbocycles. The van der Waals surface area contributed by atoms with E-state index in [1.807, 2.05) is 30.3 Å². The minimum atomic E-state index is -4.71. The zero-order valence-electron chi connectivity index (χ0n) is 14.6. The zero-order valence-corrected chi connectivity index (χ0v) is 14.6. The van der Waals surface area contributed by atoms with Crippen LogP contribution in [0.4, 0.5) is 18.9 Å². The van der Waals surface area contributed by atoms with E-state index in [0.717, 1.165) is 27.6 Å². The highest BCUT2D eigenvalue weighted by Gasteiger charge is 2.30. The van der Waals surface area contributed by atoms with E-state index in [-0.39, 0.29) is 18.3 Å². The lowest BCUT2D eigenvalue weighted by Crippen LogP contribution is -2.24. The van der Waals surface area contributed by atoms with E-state index in [0.29, 0.717) is 5.56 Å². The number of alkyl halides is 3. The van der Waals surface area contributed by atoms with Crippen LogP contribution in [-0.4, -0.2) is 12.3 Å². The number of ether oxygens (including phenoxy) is 1. The third kappa shape index (κ3) is 3.78. The number of aliphatic imine (C=N–C) groups is 1. The van der Waals surface area contributed by atoms with Gasteiger partial charge in [-0.15, -0.1) is 13.2 Å². The van der Waals surface area contributed by atoms with E-state index in [1.54, 1.807) is 0 Å². The highest BCUT2D eigenvalue weighted by molar-refractivity contribution is 6.09. The molecule has 0 spiro atoms. The van der Waals surface area contributed by atoms with Gasteiger partial charge in [0.15, 0.2) is 0 Å². The second-order valence-electron chi connectivity index (χ2n) is 6.26. The fourth-order valence-corrected chi connectivity index (χ4v) is 3.13. The summed E-state index contributed by atoms with van der Waals surface area (Å²) >= 11 is 0. The van der Waals surface area contributed by atoms with Crippen molar-refractivity contribution in [1.29, 1.82) is 0 Å². The molecule has 0 aliphatic heterocycles. The Morgan fingerprint density at radius 1 is 0.929 bits per heavy atom. The third-order valence-corrected chi connectivity index (χ3v) is 4.34. The lowest BCUT2D eigenvalue weighted by atomic mass is 10.0. The van der Waals surface area contributed by atoms with Gasteiger partial charge in [0, 0.05) is 5.39 Å². The maximum absolute atomic E-state index is 12.2. The topological polar surface area (TPSA) is 61.7 Å². The third-order valence-electron chi connectivity index (χ3n) is 4.34. The molecule has 3 aromatic carbocycles. The van der Waals surface area contributed by atoms with Crippen molar-refractivity contribution >= 4 is 34.6 Å². The summed E-state index contributed by atoms with van der Waals surface area (Å²) in [6, 6.07) is 15.4. The van der Waals surface area contributed by atoms with Gasteiger partial charge in [0.25, 0.3) is 0 Å². The molecule has 1 aliphatic carbocycles. The van der Waals surface area contributed by atoms with Gasteiger partial charge in [0.05, 0.1) is 12.2 Å². The molecule has 4 nitrogen and oxygen atoms in total. The second kappa shape index (κ2) is 6.92. The Hall–Kier alpha value is -3.48. The van der Waals surface area contributed by atoms with Gasteiger partial charge in [-0.1, -0.05) is 48.6 Å². The van der Waals surface area contributed by atoms with E-state index in [9.17, 15) is 13.2 Å². The fraction of sp³-hybridized carbons (Fsp3) is 0.0952. The van der Waals surface area contributed by atoms with Gasteiger partial charge in [0.1, 0.15) is 5.75 Å². The van der Waals surface area contributed by atoms with Crippen LogP contribution in [0.3, 0.4) is 0 Å².